The topological polar surface area (TPSA) is 248 Å². The van der Waals surface area contributed by atoms with Crippen LogP contribution in [0.5, 0.6) is 0 Å². The number of hydrogen-bond acceptors (Lipinski definition) is 14. The van der Waals surface area contributed by atoms with Gasteiger partial charge in [-0.15, -0.1) is 0 Å². The molecule has 0 aromatic carbocycles. The zero-order chi connectivity index (χ0) is 57.6. The third-order valence-corrected chi connectivity index (χ3v) is 14.1. The summed E-state index contributed by atoms with van der Waals surface area (Å²) >= 11 is 0. The molecule has 1 aliphatic rings. The first-order chi connectivity index (χ1) is 37.6. The summed E-state index contributed by atoms with van der Waals surface area (Å²) in [4.78, 5) is 104. The maximum absolute atomic E-state index is 14.3. The van der Waals surface area contributed by atoms with Crippen LogP contribution in [0, 0.1) is 0 Å². The number of ether oxygens (including phenoxy) is 6. The predicted molar refractivity (Wildman–Crippen MR) is 300 cm³/mol. The van der Waals surface area contributed by atoms with E-state index in [1.165, 1.54) is 109 Å². The van der Waals surface area contributed by atoms with Crippen LogP contribution in [0.4, 0.5) is 0 Å². The van der Waals surface area contributed by atoms with E-state index in [9.17, 15) is 43.5 Å². The third kappa shape index (κ3) is 38.3. The van der Waals surface area contributed by atoms with E-state index in [4.69, 9.17) is 28.4 Å². The second kappa shape index (κ2) is 47.5. The van der Waals surface area contributed by atoms with Crippen LogP contribution >= 0.6 is 0 Å². The first-order valence-electron chi connectivity index (χ1n) is 30.6. The average molecular weight is 1110 g/mol. The van der Waals surface area contributed by atoms with E-state index in [-0.39, 0.29) is 32.2 Å². The Morgan fingerprint density at radius 1 is 0.526 bits per heavy atom. The summed E-state index contributed by atoms with van der Waals surface area (Å²) < 4.78 is 35.2. The number of rotatable bonds is 50. The van der Waals surface area contributed by atoms with Crippen molar-refractivity contribution in [1.82, 2.24) is 16.0 Å². The van der Waals surface area contributed by atoms with E-state index < -0.39 is 104 Å². The number of carboxylic acid groups (broad SMARTS) is 1. The van der Waals surface area contributed by atoms with Crippen LogP contribution in [0.25, 0.3) is 0 Å². The van der Waals surface area contributed by atoms with Gasteiger partial charge in [0.2, 0.25) is 17.7 Å². The maximum atomic E-state index is 14.3. The Balaban J connectivity index is 3.37. The van der Waals surface area contributed by atoms with Crippen molar-refractivity contribution >= 4 is 47.6 Å². The van der Waals surface area contributed by atoms with Crippen molar-refractivity contribution in [2.24, 2.45) is 0 Å². The number of unbranched alkanes of at least 4 members (excludes halogenated alkanes) is 28. The molecule has 7 atom stereocenters. The quantitative estimate of drug-likeness (QED) is 0.0251. The minimum Gasteiger partial charge on any atom is -0.481 e. The van der Waals surface area contributed by atoms with Gasteiger partial charge >= 0.3 is 29.8 Å². The van der Waals surface area contributed by atoms with E-state index in [2.05, 4.69) is 36.7 Å². The van der Waals surface area contributed by atoms with Crippen LogP contribution in [-0.2, 0) is 66.8 Å². The Morgan fingerprint density at radius 3 is 1.44 bits per heavy atom. The molecule has 3 amide bonds. The normalized spacial score (nSPS) is 17.8. The standard InChI is InChI=1S/C60H107N3O15/c1-7-10-13-16-19-22-24-27-30-33-36-39-52(67)62-50(59(72)61-42-41-54(69)70)44-74-60-56(58(76-48(6)66)57(75-47(5)65)51(78-60)45-73-46(4)64)63-53(68)43-49(38-35-32-29-26-21-18-15-12-9-3)77-55(71)40-37-34-31-28-25-23-20-17-14-11-8-2/h49-51,56-58,60H,7-45H2,1-6H3,(H,61,72)(H,62,67)(H,63,68)(H,69,70)/t49-,50+,51-,56-,57-,58-,60-/m1/s1. The second-order valence-electron chi connectivity index (χ2n) is 21.5. The Hall–Kier alpha value is -4.32. The van der Waals surface area contributed by atoms with Crippen molar-refractivity contribution in [3.63, 3.8) is 0 Å². The molecule has 452 valence electrons. The molecule has 1 saturated heterocycles. The molecule has 1 aliphatic heterocycles. The monoisotopic (exact) mass is 1110 g/mol. The first-order valence-corrected chi connectivity index (χ1v) is 30.6. The van der Waals surface area contributed by atoms with Crippen molar-refractivity contribution in [2.45, 2.75) is 315 Å². The number of carbonyl (C=O) groups is 8. The molecule has 78 heavy (non-hydrogen) atoms. The number of esters is 4. The number of nitrogens with one attached hydrogen (secondary N) is 3. The van der Waals surface area contributed by atoms with E-state index in [1.54, 1.807) is 0 Å². The summed E-state index contributed by atoms with van der Waals surface area (Å²) in [6, 6.07) is -2.83. The van der Waals surface area contributed by atoms with Crippen molar-refractivity contribution in [2.75, 3.05) is 19.8 Å². The highest BCUT2D eigenvalue weighted by atomic mass is 16.7. The molecule has 0 unspecified atom stereocenters. The molecule has 0 bridgehead atoms. The maximum Gasteiger partial charge on any atom is 0.306 e. The molecule has 18 heteroatoms. The number of amides is 3. The Morgan fingerprint density at radius 2 is 0.974 bits per heavy atom. The number of carboxylic acids is 1. The van der Waals surface area contributed by atoms with Gasteiger partial charge in [-0.3, -0.25) is 38.4 Å². The lowest BCUT2D eigenvalue weighted by molar-refractivity contribution is -0.278. The molecule has 4 N–H and O–H groups in total. The van der Waals surface area contributed by atoms with Gasteiger partial charge in [0.1, 0.15) is 30.9 Å². The molecular weight excluding hydrogens is 1000 g/mol. The predicted octanol–water partition coefficient (Wildman–Crippen LogP) is 11.3. The Bertz CT molecular complexity index is 1650. The van der Waals surface area contributed by atoms with Crippen LogP contribution in [0.2, 0.25) is 0 Å². The smallest absolute Gasteiger partial charge is 0.306 e. The minimum absolute atomic E-state index is 0.113. The number of carbonyl (C=O) groups excluding carboxylic acids is 7. The summed E-state index contributed by atoms with van der Waals surface area (Å²) in [6.45, 7) is 8.68. The molecule has 1 heterocycles. The fourth-order valence-corrected chi connectivity index (χ4v) is 9.72. The Kier molecular flexibility index (Phi) is 43.6. The minimum atomic E-state index is -1.59. The first kappa shape index (κ1) is 71.7. The molecule has 0 saturated carbocycles. The average Bonchev–Trinajstić information content (AvgIpc) is 3.41. The number of aliphatic carboxylic acids is 1. The van der Waals surface area contributed by atoms with Crippen LogP contribution < -0.4 is 16.0 Å². The molecule has 0 aromatic rings. The van der Waals surface area contributed by atoms with Gasteiger partial charge in [0, 0.05) is 40.2 Å². The van der Waals surface area contributed by atoms with Gasteiger partial charge in [-0.05, 0) is 25.7 Å². The number of hydrogen-bond donors (Lipinski definition) is 4. The zero-order valence-corrected chi connectivity index (χ0v) is 49.3. The summed E-state index contributed by atoms with van der Waals surface area (Å²) in [5, 5.41) is 17.3. The Labute approximate surface area is 469 Å². The molecule has 18 nitrogen and oxygen atoms in total. The van der Waals surface area contributed by atoms with Crippen molar-refractivity contribution in [3.05, 3.63) is 0 Å². The van der Waals surface area contributed by atoms with E-state index >= 15 is 0 Å². The summed E-state index contributed by atoms with van der Waals surface area (Å²) in [5.74, 6) is -5.71. The fraction of sp³-hybridized carbons (Fsp3) is 0.867. The van der Waals surface area contributed by atoms with Gasteiger partial charge in [-0.1, -0.05) is 201 Å². The molecule has 1 rings (SSSR count). The summed E-state index contributed by atoms with van der Waals surface area (Å²) in [6.07, 6.45) is 27.4. The van der Waals surface area contributed by atoms with E-state index in [0.29, 0.717) is 25.7 Å². The molecule has 0 spiro atoms. The lowest BCUT2D eigenvalue weighted by atomic mass is 9.95. The van der Waals surface area contributed by atoms with Crippen molar-refractivity contribution in [3.8, 4) is 0 Å². The van der Waals surface area contributed by atoms with Gasteiger partial charge in [0.05, 0.1) is 19.4 Å². The van der Waals surface area contributed by atoms with E-state index in [1.807, 2.05) is 0 Å². The van der Waals surface area contributed by atoms with Gasteiger partial charge in [0.15, 0.2) is 18.5 Å². The fourth-order valence-electron chi connectivity index (χ4n) is 9.72. The third-order valence-electron chi connectivity index (χ3n) is 14.1. The van der Waals surface area contributed by atoms with Gasteiger partial charge in [-0.2, -0.15) is 0 Å². The van der Waals surface area contributed by atoms with Crippen LogP contribution in [0.1, 0.15) is 273 Å². The zero-order valence-electron chi connectivity index (χ0n) is 49.3. The van der Waals surface area contributed by atoms with Gasteiger partial charge < -0.3 is 49.5 Å². The van der Waals surface area contributed by atoms with Crippen LogP contribution in [-0.4, -0.2) is 115 Å². The second-order valence-corrected chi connectivity index (χ2v) is 21.5. The largest absolute Gasteiger partial charge is 0.481 e. The highest BCUT2D eigenvalue weighted by Gasteiger charge is 2.52. The molecule has 0 aromatic heterocycles. The lowest BCUT2D eigenvalue weighted by Crippen LogP contribution is -2.67. The van der Waals surface area contributed by atoms with Crippen LogP contribution in [0.15, 0.2) is 0 Å². The SMILES string of the molecule is CCCCCCCCCCCCCC(=O)N[C@@H](CO[C@@H]1O[C@H](COC(C)=O)[C@@H](OC(C)=O)[C@H](OC(C)=O)[C@H]1NC(=O)C[C@@H](CCCCCCCCCCC)OC(=O)CCCCCCCCCCCCC)C(=O)NCCC(=O)O. The van der Waals surface area contributed by atoms with Gasteiger partial charge in [0.25, 0.3) is 0 Å². The van der Waals surface area contributed by atoms with E-state index in [0.717, 1.165) is 91.4 Å². The van der Waals surface area contributed by atoms with Gasteiger partial charge in [-0.25, -0.2) is 0 Å². The van der Waals surface area contributed by atoms with Crippen molar-refractivity contribution < 1.29 is 71.9 Å². The molecule has 0 aliphatic carbocycles. The molecule has 0 radical (unpaired) electrons. The van der Waals surface area contributed by atoms with Crippen LogP contribution in [0.3, 0.4) is 0 Å². The molecular formula is C60H107N3O15. The highest BCUT2D eigenvalue weighted by Crippen LogP contribution is 2.29. The summed E-state index contributed by atoms with van der Waals surface area (Å²) in [5.41, 5.74) is 0. The molecule has 1 fully saturated rings. The lowest BCUT2D eigenvalue weighted by Gasteiger charge is -2.45. The highest BCUT2D eigenvalue weighted by molar-refractivity contribution is 5.88. The summed E-state index contributed by atoms with van der Waals surface area (Å²) in [7, 11) is 0. The van der Waals surface area contributed by atoms with Crippen molar-refractivity contribution in [1.29, 1.82) is 0 Å².